The van der Waals surface area contributed by atoms with E-state index in [9.17, 15) is 19.5 Å². The summed E-state index contributed by atoms with van der Waals surface area (Å²) in [4.78, 5) is 39.9. The fourth-order valence-corrected chi connectivity index (χ4v) is 5.11. The normalized spacial score (nSPS) is 17.7. The van der Waals surface area contributed by atoms with Crippen molar-refractivity contribution in [2.45, 2.75) is 51.0 Å². The van der Waals surface area contributed by atoms with Gasteiger partial charge in [-0.25, -0.2) is 9.59 Å². The lowest BCUT2D eigenvalue weighted by molar-refractivity contribution is -0.152. The highest BCUT2D eigenvalue weighted by Gasteiger charge is 2.40. The van der Waals surface area contributed by atoms with Gasteiger partial charge in [0.05, 0.1) is 7.11 Å². The Bertz CT molecular complexity index is 1100. The monoisotopic (exact) mass is 513 g/mol. The second-order valence-electron chi connectivity index (χ2n) is 9.85. The molecule has 0 radical (unpaired) electrons. The van der Waals surface area contributed by atoms with E-state index < -0.39 is 17.7 Å². The first-order valence-electron chi connectivity index (χ1n) is 12.0. The number of benzene rings is 2. The number of ketones is 1. The number of Topliss-reactive ketones (excluding diaryl/α,β-unsaturated/α-hetero) is 1. The second kappa shape index (κ2) is 11.4. The number of carboxylic acids is 1. The molecule has 3 rings (SSSR count). The molecule has 0 bridgehead atoms. The standard InChI is InChI=1S/C28H35NO6S/c1-17-13-19(14-18(2)25(17)35-28(3,4)26(31)32)7-8-21-15-29(27(33)34-5)16-23(21)24(30)20-9-11-22(36-6)12-10-20/h9-14,21,23H,7-8,15-16H2,1-6H3,(H,31,32)/t21-,23-/m1/s1. The average molecular weight is 514 g/mol. The Balaban J connectivity index is 1.77. The lowest BCUT2D eigenvalue weighted by Gasteiger charge is -2.25. The first kappa shape index (κ1) is 27.6. The molecule has 1 aliphatic rings. The van der Waals surface area contributed by atoms with Crippen LogP contribution in [0.2, 0.25) is 0 Å². The van der Waals surface area contributed by atoms with E-state index in [1.54, 1.807) is 16.7 Å². The van der Waals surface area contributed by atoms with Crippen LogP contribution in [0.1, 0.15) is 47.3 Å². The maximum Gasteiger partial charge on any atom is 0.409 e. The summed E-state index contributed by atoms with van der Waals surface area (Å²) in [6.07, 6.45) is 3.03. The zero-order chi connectivity index (χ0) is 26.6. The summed E-state index contributed by atoms with van der Waals surface area (Å²) in [6.45, 7) is 7.68. The molecular formula is C28H35NO6S. The summed E-state index contributed by atoms with van der Waals surface area (Å²) in [7, 11) is 1.36. The number of hydrogen-bond acceptors (Lipinski definition) is 6. The molecule has 1 aliphatic heterocycles. The molecule has 0 unspecified atom stereocenters. The molecule has 2 aromatic carbocycles. The summed E-state index contributed by atoms with van der Waals surface area (Å²) in [5, 5.41) is 9.41. The zero-order valence-corrected chi connectivity index (χ0v) is 22.6. The van der Waals surface area contributed by atoms with Crippen molar-refractivity contribution in [1.29, 1.82) is 0 Å². The van der Waals surface area contributed by atoms with Crippen LogP contribution in [0, 0.1) is 25.7 Å². The largest absolute Gasteiger partial charge is 0.478 e. The minimum Gasteiger partial charge on any atom is -0.478 e. The number of thioether (sulfide) groups is 1. The van der Waals surface area contributed by atoms with E-state index in [2.05, 4.69) is 0 Å². The zero-order valence-electron chi connectivity index (χ0n) is 21.8. The van der Waals surface area contributed by atoms with E-state index in [1.165, 1.54) is 21.0 Å². The number of rotatable bonds is 9. The summed E-state index contributed by atoms with van der Waals surface area (Å²) >= 11 is 1.62. The smallest absolute Gasteiger partial charge is 0.409 e. The van der Waals surface area contributed by atoms with E-state index in [0.29, 0.717) is 24.4 Å². The fourth-order valence-electron chi connectivity index (χ4n) is 4.70. The van der Waals surface area contributed by atoms with Gasteiger partial charge in [0.25, 0.3) is 0 Å². The van der Waals surface area contributed by atoms with Crippen molar-refractivity contribution in [2.75, 3.05) is 26.5 Å². The van der Waals surface area contributed by atoms with Crippen LogP contribution in [0.15, 0.2) is 41.3 Å². The Labute approximate surface area is 217 Å². The van der Waals surface area contributed by atoms with Crippen molar-refractivity contribution < 1.29 is 29.0 Å². The Morgan fingerprint density at radius 2 is 1.69 bits per heavy atom. The molecule has 8 heteroatoms. The second-order valence-corrected chi connectivity index (χ2v) is 10.7. The van der Waals surface area contributed by atoms with Crippen molar-refractivity contribution in [2.24, 2.45) is 11.8 Å². The first-order valence-corrected chi connectivity index (χ1v) is 13.2. The van der Waals surface area contributed by atoms with Gasteiger partial charge in [0, 0.05) is 29.5 Å². The van der Waals surface area contributed by atoms with Crippen LogP contribution >= 0.6 is 11.8 Å². The number of carbonyl (C=O) groups excluding carboxylic acids is 2. The molecule has 1 fully saturated rings. The summed E-state index contributed by atoms with van der Waals surface area (Å²) in [5.74, 6) is -0.707. The van der Waals surface area contributed by atoms with Crippen LogP contribution in [0.4, 0.5) is 4.79 Å². The lowest BCUT2D eigenvalue weighted by atomic mass is 9.84. The number of methoxy groups -OCH3 is 1. The number of carboxylic acid groups (broad SMARTS) is 1. The molecule has 1 amide bonds. The number of hydrogen-bond donors (Lipinski definition) is 1. The minimum atomic E-state index is -1.33. The molecule has 0 aliphatic carbocycles. The quantitative estimate of drug-likeness (QED) is 0.355. The number of ether oxygens (including phenoxy) is 2. The molecule has 2 aromatic rings. The summed E-state index contributed by atoms with van der Waals surface area (Å²) in [6, 6.07) is 11.6. The molecule has 0 spiro atoms. The molecule has 7 nitrogen and oxygen atoms in total. The molecule has 194 valence electrons. The van der Waals surface area contributed by atoms with Crippen molar-refractivity contribution in [3.05, 3.63) is 58.7 Å². The highest BCUT2D eigenvalue weighted by Crippen LogP contribution is 2.33. The molecule has 36 heavy (non-hydrogen) atoms. The third kappa shape index (κ3) is 6.22. The third-order valence-corrected chi connectivity index (χ3v) is 7.52. The van der Waals surface area contributed by atoms with Gasteiger partial charge in [0.15, 0.2) is 11.4 Å². The van der Waals surface area contributed by atoms with Gasteiger partial charge in [-0.15, -0.1) is 11.8 Å². The summed E-state index contributed by atoms with van der Waals surface area (Å²) in [5.41, 5.74) is 2.13. The topological polar surface area (TPSA) is 93.1 Å². The van der Waals surface area contributed by atoms with Crippen molar-refractivity contribution in [3.8, 4) is 5.75 Å². The average Bonchev–Trinajstić information content (AvgIpc) is 3.28. The van der Waals surface area contributed by atoms with Crippen LogP contribution in [0.5, 0.6) is 5.75 Å². The van der Waals surface area contributed by atoms with Gasteiger partial charge in [-0.3, -0.25) is 4.79 Å². The molecule has 2 atom stereocenters. The lowest BCUT2D eigenvalue weighted by Crippen LogP contribution is -2.38. The Morgan fingerprint density at radius 1 is 1.08 bits per heavy atom. The van der Waals surface area contributed by atoms with Crippen LogP contribution < -0.4 is 4.74 Å². The van der Waals surface area contributed by atoms with E-state index in [-0.39, 0.29) is 17.6 Å². The third-order valence-electron chi connectivity index (χ3n) is 6.78. The first-order chi connectivity index (χ1) is 17.0. The Morgan fingerprint density at radius 3 is 2.22 bits per heavy atom. The highest BCUT2D eigenvalue weighted by molar-refractivity contribution is 7.98. The van der Waals surface area contributed by atoms with Gasteiger partial charge in [-0.1, -0.05) is 24.3 Å². The van der Waals surface area contributed by atoms with E-state index >= 15 is 0 Å². The number of aryl methyl sites for hydroxylation is 3. The molecule has 1 saturated heterocycles. The minimum absolute atomic E-state index is 0.000640. The number of amides is 1. The SMILES string of the molecule is COC(=O)N1C[C@@H](CCc2cc(C)c(OC(C)(C)C(=O)O)c(C)c2)[C@H](C(=O)c2ccc(SC)cc2)C1. The molecule has 1 N–H and O–H groups in total. The Hall–Kier alpha value is -3.00. The summed E-state index contributed by atoms with van der Waals surface area (Å²) < 4.78 is 10.7. The van der Waals surface area contributed by atoms with Gasteiger partial charge >= 0.3 is 12.1 Å². The number of nitrogens with zero attached hydrogens (tertiary/aromatic N) is 1. The molecule has 0 saturated carbocycles. The van der Waals surface area contributed by atoms with Gasteiger partial charge in [-0.2, -0.15) is 0 Å². The van der Waals surface area contributed by atoms with Crippen LogP contribution in [-0.2, 0) is 16.0 Å². The van der Waals surface area contributed by atoms with E-state index in [4.69, 9.17) is 9.47 Å². The molecule has 0 aromatic heterocycles. The maximum atomic E-state index is 13.4. The van der Waals surface area contributed by atoms with Crippen molar-refractivity contribution >= 4 is 29.6 Å². The van der Waals surface area contributed by atoms with Gasteiger partial charge < -0.3 is 19.5 Å². The van der Waals surface area contributed by atoms with Gasteiger partial charge in [0.1, 0.15) is 5.75 Å². The van der Waals surface area contributed by atoms with Crippen molar-refractivity contribution in [1.82, 2.24) is 4.90 Å². The Kier molecular flexibility index (Phi) is 8.71. The number of likely N-dealkylation sites (tertiary alicyclic amines) is 1. The number of carbonyl (C=O) groups is 3. The molecule has 1 heterocycles. The van der Waals surface area contributed by atoms with E-state index in [1.807, 2.05) is 56.5 Å². The molecular weight excluding hydrogens is 478 g/mol. The highest BCUT2D eigenvalue weighted by atomic mass is 32.2. The van der Waals surface area contributed by atoms with Gasteiger partial charge in [0.2, 0.25) is 0 Å². The fraction of sp³-hybridized carbons (Fsp3) is 0.464. The number of aliphatic carboxylic acids is 1. The predicted molar refractivity (Wildman–Crippen MR) is 140 cm³/mol. The van der Waals surface area contributed by atoms with Crippen LogP contribution in [0.25, 0.3) is 0 Å². The van der Waals surface area contributed by atoms with Gasteiger partial charge in [-0.05, 0) is 81.5 Å². The van der Waals surface area contributed by atoms with E-state index in [0.717, 1.165) is 34.4 Å². The van der Waals surface area contributed by atoms with Crippen LogP contribution in [-0.4, -0.2) is 59.9 Å². The van der Waals surface area contributed by atoms with Crippen LogP contribution in [0.3, 0.4) is 0 Å². The predicted octanol–water partition coefficient (Wildman–Crippen LogP) is 5.40. The maximum absolute atomic E-state index is 13.4. The van der Waals surface area contributed by atoms with Crippen molar-refractivity contribution in [3.63, 3.8) is 0 Å².